The van der Waals surface area contributed by atoms with Crippen molar-refractivity contribution in [2.45, 2.75) is 39.1 Å². The fraction of sp³-hybridized carbons (Fsp3) is 0.643. The van der Waals surface area contributed by atoms with Gasteiger partial charge in [0.05, 0.1) is 6.10 Å². The Hall–Kier alpha value is -1.34. The second-order valence-corrected chi connectivity index (χ2v) is 4.83. The number of rotatable bonds is 9. The molecule has 0 bridgehead atoms. The number of aromatic nitrogens is 1. The van der Waals surface area contributed by atoms with E-state index in [2.05, 4.69) is 15.0 Å². The van der Waals surface area contributed by atoms with Crippen LogP contribution >= 0.6 is 0 Å². The summed E-state index contributed by atoms with van der Waals surface area (Å²) in [5, 5.41) is 3.13. The molecule has 120 valence electrons. The van der Waals surface area contributed by atoms with Gasteiger partial charge in [0.15, 0.2) is 0 Å². The molecule has 0 spiro atoms. The Kier molecular flexibility index (Phi) is 7.45. The molecule has 1 N–H and O–H groups in total. The summed E-state index contributed by atoms with van der Waals surface area (Å²) in [6.07, 6.45) is -2.05. The Morgan fingerprint density at radius 3 is 2.76 bits per heavy atom. The normalized spacial score (nSPS) is 11.9. The van der Waals surface area contributed by atoms with Crippen molar-refractivity contribution in [1.29, 1.82) is 0 Å². The maximum Gasteiger partial charge on any atom is 0.411 e. The van der Waals surface area contributed by atoms with Gasteiger partial charge in [-0.2, -0.15) is 13.2 Å². The van der Waals surface area contributed by atoms with Crippen LogP contribution in [0, 0.1) is 0 Å². The van der Waals surface area contributed by atoms with Gasteiger partial charge in [0.1, 0.15) is 6.61 Å². The third-order valence-electron chi connectivity index (χ3n) is 2.42. The third kappa shape index (κ3) is 8.52. The Labute approximate surface area is 122 Å². The molecule has 0 aliphatic rings. The largest absolute Gasteiger partial charge is 0.475 e. The predicted octanol–water partition coefficient (Wildman–Crippen LogP) is 2.93. The molecule has 1 aromatic rings. The van der Waals surface area contributed by atoms with E-state index in [1.54, 1.807) is 6.20 Å². The van der Waals surface area contributed by atoms with Crippen molar-refractivity contribution in [3.8, 4) is 5.88 Å². The van der Waals surface area contributed by atoms with Crippen molar-refractivity contribution in [3.05, 3.63) is 23.9 Å². The first-order valence-corrected chi connectivity index (χ1v) is 6.84. The highest BCUT2D eigenvalue weighted by Gasteiger charge is 2.27. The third-order valence-corrected chi connectivity index (χ3v) is 2.42. The van der Waals surface area contributed by atoms with E-state index in [0.29, 0.717) is 25.4 Å². The van der Waals surface area contributed by atoms with Crippen molar-refractivity contribution in [3.63, 3.8) is 0 Å². The van der Waals surface area contributed by atoms with Crippen LogP contribution in [0.2, 0.25) is 0 Å². The molecular formula is C14H21F3N2O2. The molecule has 0 saturated carbocycles. The number of nitrogens with one attached hydrogen (secondary N) is 1. The van der Waals surface area contributed by atoms with Gasteiger partial charge in [-0.15, -0.1) is 0 Å². The Morgan fingerprint density at radius 2 is 2.10 bits per heavy atom. The van der Waals surface area contributed by atoms with Crippen LogP contribution < -0.4 is 10.1 Å². The predicted molar refractivity (Wildman–Crippen MR) is 73.2 cm³/mol. The van der Waals surface area contributed by atoms with Gasteiger partial charge in [0.2, 0.25) is 5.88 Å². The van der Waals surface area contributed by atoms with Gasteiger partial charge in [-0.1, -0.05) is 6.07 Å². The van der Waals surface area contributed by atoms with Crippen LogP contribution in [-0.2, 0) is 11.3 Å². The maximum atomic E-state index is 11.8. The minimum absolute atomic E-state index is 0.0365. The fourth-order valence-corrected chi connectivity index (χ4v) is 1.60. The number of alkyl halides is 3. The van der Waals surface area contributed by atoms with Crippen LogP contribution in [-0.4, -0.2) is 37.0 Å². The topological polar surface area (TPSA) is 43.4 Å². The zero-order valence-electron chi connectivity index (χ0n) is 12.2. The molecule has 0 unspecified atom stereocenters. The molecule has 0 aliphatic heterocycles. The van der Waals surface area contributed by atoms with E-state index in [9.17, 15) is 13.2 Å². The summed E-state index contributed by atoms with van der Waals surface area (Å²) in [6.45, 7) is 3.84. The van der Waals surface area contributed by atoms with E-state index in [-0.39, 0.29) is 12.7 Å². The summed E-state index contributed by atoms with van der Waals surface area (Å²) < 4.78 is 45.6. The summed E-state index contributed by atoms with van der Waals surface area (Å²) in [4.78, 5) is 4.16. The van der Waals surface area contributed by atoms with E-state index < -0.39 is 12.8 Å². The number of ether oxygens (including phenoxy) is 2. The number of hydrogen-bond acceptors (Lipinski definition) is 4. The average molecular weight is 306 g/mol. The van der Waals surface area contributed by atoms with Crippen molar-refractivity contribution < 1.29 is 22.6 Å². The molecule has 0 atom stereocenters. The number of pyridine rings is 1. The van der Waals surface area contributed by atoms with Gasteiger partial charge in [-0.25, -0.2) is 4.98 Å². The van der Waals surface area contributed by atoms with Crippen molar-refractivity contribution >= 4 is 0 Å². The van der Waals surface area contributed by atoms with Gasteiger partial charge < -0.3 is 14.8 Å². The highest BCUT2D eigenvalue weighted by molar-refractivity contribution is 5.25. The lowest BCUT2D eigenvalue weighted by Gasteiger charge is -2.13. The lowest BCUT2D eigenvalue weighted by atomic mass is 10.2. The quantitative estimate of drug-likeness (QED) is 0.712. The van der Waals surface area contributed by atoms with E-state index in [1.807, 2.05) is 26.0 Å². The fourth-order valence-electron chi connectivity index (χ4n) is 1.60. The summed E-state index contributed by atoms with van der Waals surface area (Å²) in [5.41, 5.74) is 0.919. The summed E-state index contributed by atoms with van der Waals surface area (Å²) in [6, 6.07) is 3.72. The van der Waals surface area contributed by atoms with Crippen LogP contribution in [0.4, 0.5) is 13.2 Å². The number of halogens is 3. The maximum absolute atomic E-state index is 11.8. The average Bonchev–Trinajstić information content (AvgIpc) is 2.37. The molecule has 0 saturated heterocycles. The van der Waals surface area contributed by atoms with Crippen LogP contribution in [0.5, 0.6) is 5.88 Å². The highest BCUT2D eigenvalue weighted by Crippen LogP contribution is 2.16. The Morgan fingerprint density at radius 1 is 1.33 bits per heavy atom. The van der Waals surface area contributed by atoms with Gasteiger partial charge in [-0.05, 0) is 32.9 Å². The van der Waals surface area contributed by atoms with Gasteiger partial charge in [0.25, 0.3) is 0 Å². The van der Waals surface area contributed by atoms with Crippen LogP contribution in [0.3, 0.4) is 0 Å². The molecule has 0 fully saturated rings. The molecule has 21 heavy (non-hydrogen) atoms. The molecule has 4 nitrogen and oxygen atoms in total. The van der Waals surface area contributed by atoms with Gasteiger partial charge in [-0.3, -0.25) is 0 Å². The summed E-state index contributed by atoms with van der Waals surface area (Å²) >= 11 is 0. The van der Waals surface area contributed by atoms with E-state index in [0.717, 1.165) is 5.56 Å². The first kappa shape index (κ1) is 17.7. The molecule has 1 rings (SSSR count). The molecule has 7 heteroatoms. The van der Waals surface area contributed by atoms with Crippen molar-refractivity contribution in [2.75, 3.05) is 19.8 Å². The lowest BCUT2D eigenvalue weighted by molar-refractivity contribution is -0.173. The zero-order chi connectivity index (χ0) is 15.7. The van der Waals surface area contributed by atoms with E-state index >= 15 is 0 Å². The standard InChI is InChI=1S/C14H21F3N2O2/c1-11(2)21-13-12(5-3-7-19-13)9-18-6-4-8-20-10-14(15,16)17/h3,5,7,11,18H,4,6,8-10H2,1-2H3. The molecule has 0 aliphatic carbocycles. The Bertz CT molecular complexity index is 411. The van der Waals surface area contributed by atoms with Crippen LogP contribution in [0.1, 0.15) is 25.8 Å². The first-order chi connectivity index (χ1) is 9.88. The second-order valence-electron chi connectivity index (χ2n) is 4.83. The molecule has 1 heterocycles. The SMILES string of the molecule is CC(C)Oc1ncccc1CNCCCOCC(F)(F)F. The number of nitrogens with zero attached hydrogens (tertiary/aromatic N) is 1. The zero-order valence-corrected chi connectivity index (χ0v) is 12.2. The summed E-state index contributed by atoms with van der Waals surface area (Å²) in [5.74, 6) is 0.577. The molecule has 0 amide bonds. The van der Waals surface area contributed by atoms with E-state index in [4.69, 9.17) is 4.74 Å². The molecular weight excluding hydrogens is 285 g/mol. The second kappa shape index (κ2) is 8.84. The monoisotopic (exact) mass is 306 g/mol. The first-order valence-electron chi connectivity index (χ1n) is 6.84. The highest BCUT2D eigenvalue weighted by atomic mass is 19.4. The van der Waals surface area contributed by atoms with Gasteiger partial charge in [0, 0.05) is 24.9 Å². The van der Waals surface area contributed by atoms with Gasteiger partial charge >= 0.3 is 6.18 Å². The molecule has 1 aromatic heterocycles. The minimum Gasteiger partial charge on any atom is -0.475 e. The smallest absolute Gasteiger partial charge is 0.411 e. The minimum atomic E-state index is -4.26. The molecule has 0 radical (unpaired) electrons. The van der Waals surface area contributed by atoms with E-state index in [1.165, 1.54) is 0 Å². The molecule has 0 aromatic carbocycles. The Balaban J connectivity index is 2.21. The lowest BCUT2D eigenvalue weighted by Crippen LogP contribution is -2.21. The van der Waals surface area contributed by atoms with Crippen LogP contribution in [0.25, 0.3) is 0 Å². The number of hydrogen-bond donors (Lipinski definition) is 1. The summed E-state index contributed by atoms with van der Waals surface area (Å²) in [7, 11) is 0. The van der Waals surface area contributed by atoms with Crippen LogP contribution in [0.15, 0.2) is 18.3 Å². The van der Waals surface area contributed by atoms with Crippen molar-refractivity contribution in [2.24, 2.45) is 0 Å². The van der Waals surface area contributed by atoms with Crippen molar-refractivity contribution in [1.82, 2.24) is 10.3 Å².